The van der Waals surface area contributed by atoms with Crippen LogP contribution in [0.25, 0.3) is 21.9 Å². The van der Waals surface area contributed by atoms with Crippen LogP contribution in [0.1, 0.15) is 18.4 Å². The van der Waals surface area contributed by atoms with Gasteiger partial charge in [-0.3, -0.25) is 9.59 Å². The highest BCUT2D eigenvalue weighted by atomic mass is 79.9. The summed E-state index contributed by atoms with van der Waals surface area (Å²) >= 11 is 3.32. The maximum Gasteiger partial charge on any atom is 0.248 e. The lowest BCUT2D eigenvalue weighted by atomic mass is 10.1. The SMILES string of the molecule is COc1cc2c(cc1C)c1c(N)ncnc1n2CC(=O)N1[C@@H]2C[C@@H]2C[C@H]1C(=O)Nc1cccc(Br)n1. The lowest BCUT2D eigenvalue weighted by Gasteiger charge is -2.27. The number of aryl methyl sites for hydroxylation is 1. The van der Waals surface area contributed by atoms with Gasteiger partial charge in [0, 0.05) is 17.5 Å². The molecule has 2 fully saturated rings. The fraction of sp³-hybridized carbons (Fsp3) is 0.320. The van der Waals surface area contributed by atoms with Crippen LogP contribution in [0.3, 0.4) is 0 Å². The molecular formula is C25H24BrN7O3. The van der Waals surface area contributed by atoms with Gasteiger partial charge in [-0.25, -0.2) is 15.0 Å². The zero-order valence-electron chi connectivity index (χ0n) is 19.7. The number of hydrogen-bond donors (Lipinski definition) is 2. The van der Waals surface area contributed by atoms with Crippen LogP contribution >= 0.6 is 15.9 Å². The van der Waals surface area contributed by atoms with Gasteiger partial charge in [-0.05, 0) is 65.4 Å². The number of rotatable bonds is 5. The van der Waals surface area contributed by atoms with E-state index in [4.69, 9.17) is 10.5 Å². The van der Waals surface area contributed by atoms with E-state index in [0.717, 1.165) is 22.9 Å². The molecule has 4 heterocycles. The molecule has 11 heteroatoms. The summed E-state index contributed by atoms with van der Waals surface area (Å²) in [6.45, 7) is 1.97. The molecule has 1 saturated carbocycles. The van der Waals surface area contributed by atoms with E-state index in [2.05, 4.69) is 36.2 Å². The molecule has 0 radical (unpaired) electrons. The number of benzene rings is 1. The second-order valence-electron chi connectivity index (χ2n) is 9.33. The van der Waals surface area contributed by atoms with E-state index in [1.54, 1.807) is 30.2 Å². The molecule has 1 saturated heterocycles. The number of nitrogens with two attached hydrogens (primary N) is 1. The molecule has 3 atom stereocenters. The number of aromatic nitrogens is 4. The summed E-state index contributed by atoms with van der Waals surface area (Å²) in [5.41, 5.74) is 8.52. The Morgan fingerprint density at radius 3 is 2.86 bits per heavy atom. The number of carbonyl (C=O) groups is 2. The minimum absolute atomic E-state index is 0.0187. The first-order chi connectivity index (χ1) is 17.4. The van der Waals surface area contributed by atoms with Gasteiger partial charge in [0.15, 0.2) is 0 Å². The Bertz CT molecular complexity index is 1550. The maximum absolute atomic E-state index is 13.8. The van der Waals surface area contributed by atoms with Gasteiger partial charge in [-0.15, -0.1) is 0 Å². The van der Waals surface area contributed by atoms with E-state index in [1.807, 2.05) is 23.6 Å². The van der Waals surface area contributed by atoms with Crippen molar-refractivity contribution in [2.45, 2.75) is 38.4 Å². The Morgan fingerprint density at radius 1 is 1.25 bits per heavy atom. The molecule has 4 aromatic rings. The molecule has 1 aliphatic carbocycles. The third-order valence-electron chi connectivity index (χ3n) is 7.14. The van der Waals surface area contributed by atoms with Gasteiger partial charge in [0.2, 0.25) is 11.8 Å². The van der Waals surface area contributed by atoms with E-state index in [1.165, 1.54) is 6.33 Å². The highest BCUT2D eigenvalue weighted by molar-refractivity contribution is 9.10. The third-order valence-corrected chi connectivity index (χ3v) is 7.58. The molecule has 3 aromatic heterocycles. The zero-order chi connectivity index (χ0) is 25.1. The van der Waals surface area contributed by atoms with Gasteiger partial charge in [-0.2, -0.15) is 0 Å². The number of nitrogen functional groups attached to an aromatic ring is 1. The molecular weight excluding hydrogens is 526 g/mol. The molecule has 0 bridgehead atoms. The van der Waals surface area contributed by atoms with Crippen molar-refractivity contribution in [1.29, 1.82) is 0 Å². The lowest BCUT2D eigenvalue weighted by Crippen LogP contribution is -2.46. The Hall–Kier alpha value is -3.73. The molecule has 36 heavy (non-hydrogen) atoms. The van der Waals surface area contributed by atoms with E-state index < -0.39 is 6.04 Å². The van der Waals surface area contributed by atoms with Gasteiger partial charge < -0.3 is 25.3 Å². The lowest BCUT2D eigenvalue weighted by molar-refractivity contribution is -0.138. The number of anilines is 2. The molecule has 0 unspecified atom stereocenters. The van der Waals surface area contributed by atoms with Crippen molar-refractivity contribution < 1.29 is 14.3 Å². The minimum atomic E-state index is -0.549. The quantitative estimate of drug-likeness (QED) is 0.365. The number of hydrogen-bond acceptors (Lipinski definition) is 7. The standard InChI is InChI=1S/C25H24BrN7O3/c1-12-6-14-16(9-18(12)36-2)32(24-22(14)23(27)28-11-29-24)10-21(34)33-15-7-13(15)8-17(33)25(35)31-20-5-3-4-19(26)30-20/h3-6,9,11,13,15,17H,7-8,10H2,1-2H3,(H2,27,28,29)(H,30,31,35)/t13-,15-,17+/m1/s1. The fourth-order valence-electron chi connectivity index (χ4n) is 5.40. The van der Waals surface area contributed by atoms with Crippen molar-refractivity contribution in [2.75, 3.05) is 18.2 Å². The molecule has 0 spiro atoms. The summed E-state index contributed by atoms with van der Waals surface area (Å²) in [6.07, 6.45) is 2.96. The van der Waals surface area contributed by atoms with Gasteiger partial charge >= 0.3 is 0 Å². The minimum Gasteiger partial charge on any atom is -0.496 e. The van der Waals surface area contributed by atoms with E-state index in [0.29, 0.717) is 45.4 Å². The highest BCUT2D eigenvalue weighted by Crippen LogP contribution is 2.48. The van der Waals surface area contributed by atoms with E-state index in [9.17, 15) is 9.59 Å². The molecule has 2 aliphatic rings. The Balaban J connectivity index is 1.35. The smallest absolute Gasteiger partial charge is 0.248 e. The molecule has 2 amide bonds. The molecule has 10 nitrogen and oxygen atoms in total. The predicted octanol–water partition coefficient (Wildman–Crippen LogP) is 3.27. The first-order valence-electron chi connectivity index (χ1n) is 11.7. The number of likely N-dealkylation sites (tertiary alicyclic amines) is 1. The summed E-state index contributed by atoms with van der Waals surface area (Å²) in [7, 11) is 1.61. The monoisotopic (exact) mass is 549 g/mol. The Kier molecular flexibility index (Phi) is 5.32. The summed E-state index contributed by atoms with van der Waals surface area (Å²) < 4.78 is 8.00. The van der Waals surface area contributed by atoms with Crippen molar-refractivity contribution in [2.24, 2.45) is 5.92 Å². The normalized spacial score (nSPS) is 20.5. The first-order valence-corrected chi connectivity index (χ1v) is 12.5. The largest absolute Gasteiger partial charge is 0.496 e. The van der Waals surface area contributed by atoms with Crippen LogP contribution in [-0.2, 0) is 16.1 Å². The summed E-state index contributed by atoms with van der Waals surface area (Å²) in [5, 5.41) is 4.42. The van der Waals surface area contributed by atoms with Gasteiger partial charge in [0.25, 0.3) is 0 Å². The number of nitrogens with zero attached hydrogens (tertiary/aromatic N) is 5. The number of amides is 2. The highest BCUT2D eigenvalue weighted by Gasteiger charge is 2.56. The Labute approximate surface area is 215 Å². The van der Waals surface area contributed by atoms with Gasteiger partial charge in [-0.1, -0.05) is 6.07 Å². The van der Waals surface area contributed by atoms with Crippen LogP contribution in [-0.4, -0.2) is 55.4 Å². The van der Waals surface area contributed by atoms with Crippen molar-refractivity contribution >= 4 is 61.3 Å². The number of pyridine rings is 1. The average Bonchev–Trinajstić information content (AvgIpc) is 3.40. The number of fused-ring (bicyclic) bond motifs is 4. The van der Waals surface area contributed by atoms with E-state index in [-0.39, 0.29) is 24.4 Å². The van der Waals surface area contributed by atoms with Crippen LogP contribution in [0.15, 0.2) is 41.3 Å². The van der Waals surface area contributed by atoms with Crippen molar-refractivity contribution in [3.05, 3.63) is 46.8 Å². The zero-order valence-corrected chi connectivity index (χ0v) is 21.3. The number of ether oxygens (including phenoxy) is 1. The van der Waals surface area contributed by atoms with Crippen LogP contribution < -0.4 is 15.8 Å². The predicted molar refractivity (Wildman–Crippen MR) is 138 cm³/mol. The number of carbonyl (C=O) groups excluding carboxylic acids is 2. The summed E-state index contributed by atoms with van der Waals surface area (Å²) in [4.78, 5) is 41.6. The first kappa shape index (κ1) is 22.7. The van der Waals surface area contributed by atoms with Gasteiger partial charge in [0.1, 0.15) is 46.5 Å². The van der Waals surface area contributed by atoms with Crippen LogP contribution in [0, 0.1) is 12.8 Å². The van der Waals surface area contributed by atoms with Crippen LogP contribution in [0.2, 0.25) is 0 Å². The van der Waals surface area contributed by atoms with E-state index >= 15 is 0 Å². The fourth-order valence-corrected chi connectivity index (χ4v) is 5.74. The van der Waals surface area contributed by atoms with Crippen molar-refractivity contribution in [3.8, 4) is 5.75 Å². The number of nitrogens with one attached hydrogen (secondary N) is 1. The number of halogens is 1. The van der Waals surface area contributed by atoms with Crippen LogP contribution in [0.5, 0.6) is 5.75 Å². The molecule has 6 rings (SSSR count). The number of methoxy groups -OCH3 is 1. The molecule has 1 aliphatic heterocycles. The maximum atomic E-state index is 13.8. The summed E-state index contributed by atoms with van der Waals surface area (Å²) in [5.74, 6) is 1.47. The second-order valence-corrected chi connectivity index (χ2v) is 10.1. The molecule has 184 valence electrons. The molecule has 3 N–H and O–H groups in total. The second kappa shape index (κ2) is 8.44. The van der Waals surface area contributed by atoms with Crippen molar-refractivity contribution in [1.82, 2.24) is 24.4 Å². The molecule has 1 aromatic carbocycles. The van der Waals surface area contributed by atoms with Gasteiger partial charge in [0.05, 0.1) is 18.0 Å². The average molecular weight is 550 g/mol. The topological polar surface area (TPSA) is 128 Å². The third kappa shape index (κ3) is 3.65. The van der Waals surface area contributed by atoms with Crippen molar-refractivity contribution in [3.63, 3.8) is 0 Å². The summed E-state index contributed by atoms with van der Waals surface area (Å²) in [6, 6.07) is 8.71. The van der Waals surface area contributed by atoms with Crippen LogP contribution in [0.4, 0.5) is 11.6 Å². The Morgan fingerprint density at radius 2 is 2.08 bits per heavy atom. The number of piperidine rings is 1.